The number of pyridine rings is 1. The summed E-state index contributed by atoms with van der Waals surface area (Å²) in [5.41, 5.74) is -0.122. The number of aliphatic hydroxyl groups is 1. The average molecular weight is 161 g/mol. The molecular formula is C10H11NO. The van der Waals surface area contributed by atoms with Crippen LogP contribution in [-0.2, 0) is 6.42 Å². The van der Waals surface area contributed by atoms with E-state index < -0.39 is 5.60 Å². The standard InChI is InChI=1S/C10H11NO/c1-3-10(2,12)7-9-5-4-6-11-8-9/h1,4-6,8,12H,7H2,2H3. The van der Waals surface area contributed by atoms with Crippen LogP contribution in [0.2, 0.25) is 0 Å². The summed E-state index contributed by atoms with van der Waals surface area (Å²) < 4.78 is 0. The van der Waals surface area contributed by atoms with Gasteiger partial charge in [0.1, 0.15) is 5.60 Å². The molecule has 0 radical (unpaired) electrons. The molecule has 0 aliphatic heterocycles. The molecule has 0 amide bonds. The van der Waals surface area contributed by atoms with E-state index in [2.05, 4.69) is 10.9 Å². The molecule has 0 saturated carbocycles. The highest BCUT2D eigenvalue weighted by Gasteiger charge is 2.16. The third kappa shape index (κ3) is 2.37. The lowest BCUT2D eigenvalue weighted by molar-refractivity contribution is 0.123. The van der Waals surface area contributed by atoms with Crippen molar-refractivity contribution in [3.8, 4) is 12.3 Å². The van der Waals surface area contributed by atoms with Crippen LogP contribution in [-0.4, -0.2) is 15.7 Å². The van der Waals surface area contributed by atoms with Crippen molar-refractivity contribution in [2.24, 2.45) is 0 Å². The summed E-state index contributed by atoms with van der Waals surface area (Å²) in [6.45, 7) is 1.61. The summed E-state index contributed by atoms with van der Waals surface area (Å²) in [6.07, 6.45) is 8.96. The largest absolute Gasteiger partial charge is 0.378 e. The van der Waals surface area contributed by atoms with Gasteiger partial charge in [-0.05, 0) is 18.6 Å². The molecule has 2 nitrogen and oxygen atoms in total. The fraction of sp³-hybridized carbons (Fsp3) is 0.300. The summed E-state index contributed by atoms with van der Waals surface area (Å²) in [5, 5.41) is 9.51. The van der Waals surface area contributed by atoms with E-state index in [1.54, 1.807) is 19.3 Å². The molecule has 2 heteroatoms. The van der Waals surface area contributed by atoms with Gasteiger partial charge in [-0.1, -0.05) is 12.0 Å². The van der Waals surface area contributed by atoms with Crippen molar-refractivity contribution in [2.45, 2.75) is 18.9 Å². The van der Waals surface area contributed by atoms with Crippen LogP contribution in [0.5, 0.6) is 0 Å². The summed E-state index contributed by atoms with van der Waals surface area (Å²) >= 11 is 0. The van der Waals surface area contributed by atoms with Crippen LogP contribution in [0.3, 0.4) is 0 Å². The molecule has 1 unspecified atom stereocenters. The predicted molar refractivity (Wildman–Crippen MR) is 47.4 cm³/mol. The van der Waals surface area contributed by atoms with E-state index in [1.165, 1.54) is 0 Å². The average Bonchev–Trinajstić information content (AvgIpc) is 2.06. The quantitative estimate of drug-likeness (QED) is 0.656. The van der Waals surface area contributed by atoms with E-state index >= 15 is 0 Å². The number of hydrogen-bond acceptors (Lipinski definition) is 2. The first-order valence-electron chi connectivity index (χ1n) is 3.73. The number of terminal acetylenes is 1. The van der Waals surface area contributed by atoms with Crippen molar-refractivity contribution in [1.29, 1.82) is 0 Å². The van der Waals surface area contributed by atoms with Gasteiger partial charge in [0.25, 0.3) is 0 Å². The fourth-order valence-corrected chi connectivity index (χ4v) is 0.951. The molecule has 12 heavy (non-hydrogen) atoms. The zero-order valence-electron chi connectivity index (χ0n) is 6.99. The van der Waals surface area contributed by atoms with Gasteiger partial charge in [-0.2, -0.15) is 0 Å². The first-order chi connectivity index (χ1) is 5.64. The Bertz CT molecular complexity index is 284. The third-order valence-corrected chi connectivity index (χ3v) is 1.58. The maximum atomic E-state index is 9.51. The van der Waals surface area contributed by atoms with Gasteiger partial charge in [-0.25, -0.2) is 0 Å². The second-order valence-electron chi connectivity index (χ2n) is 2.96. The second kappa shape index (κ2) is 3.38. The van der Waals surface area contributed by atoms with Gasteiger partial charge in [0.2, 0.25) is 0 Å². The molecule has 0 saturated heterocycles. The summed E-state index contributed by atoms with van der Waals surface area (Å²) in [6, 6.07) is 3.71. The van der Waals surface area contributed by atoms with Crippen molar-refractivity contribution < 1.29 is 5.11 Å². The topological polar surface area (TPSA) is 33.1 Å². The zero-order chi connectivity index (χ0) is 9.03. The minimum absolute atomic E-state index is 0.442. The highest BCUT2D eigenvalue weighted by atomic mass is 16.3. The van der Waals surface area contributed by atoms with Crippen LogP contribution in [0.4, 0.5) is 0 Å². The van der Waals surface area contributed by atoms with Crippen LogP contribution in [0, 0.1) is 12.3 Å². The van der Waals surface area contributed by atoms with Crippen LogP contribution in [0.15, 0.2) is 24.5 Å². The molecule has 0 aliphatic rings. The van der Waals surface area contributed by atoms with Crippen LogP contribution >= 0.6 is 0 Å². The van der Waals surface area contributed by atoms with Crippen molar-refractivity contribution in [3.63, 3.8) is 0 Å². The van der Waals surface area contributed by atoms with Gasteiger partial charge >= 0.3 is 0 Å². The molecule has 1 atom stereocenters. The van der Waals surface area contributed by atoms with Gasteiger partial charge in [-0.15, -0.1) is 6.42 Å². The van der Waals surface area contributed by atoms with E-state index in [-0.39, 0.29) is 0 Å². The molecule has 1 N–H and O–H groups in total. The number of aromatic nitrogens is 1. The SMILES string of the molecule is C#CC(C)(O)Cc1cccnc1. The predicted octanol–water partition coefficient (Wildman–Crippen LogP) is 1.01. The molecule has 0 spiro atoms. The molecule has 1 aromatic heterocycles. The van der Waals surface area contributed by atoms with E-state index in [9.17, 15) is 5.11 Å². The highest BCUT2D eigenvalue weighted by Crippen LogP contribution is 2.10. The zero-order valence-corrected chi connectivity index (χ0v) is 6.99. The Balaban J connectivity index is 2.72. The Morgan fingerprint density at radius 2 is 2.50 bits per heavy atom. The van der Waals surface area contributed by atoms with Gasteiger partial charge in [0.15, 0.2) is 0 Å². The lowest BCUT2D eigenvalue weighted by atomic mass is 9.99. The monoisotopic (exact) mass is 161 g/mol. The van der Waals surface area contributed by atoms with E-state index in [1.807, 2.05) is 12.1 Å². The van der Waals surface area contributed by atoms with Crippen molar-refractivity contribution in [2.75, 3.05) is 0 Å². The van der Waals surface area contributed by atoms with Crippen molar-refractivity contribution in [3.05, 3.63) is 30.1 Å². The number of rotatable bonds is 2. The summed E-state index contributed by atoms with van der Waals surface area (Å²) in [7, 11) is 0. The molecule has 62 valence electrons. The van der Waals surface area contributed by atoms with Crippen LogP contribution in [0.1, 0.15) is 12.5 Å². The highest BCUT2D eigenvalue weighted by molar-refractivity contribution is 5.17. The summed E-state index contributed by atoms with van der Waals surface area (Å²) in [4.78, 5) is 3.92. The number of hydrogen-bond donors (Lipinski definition) is 1. The van der Waals surface area contributed by atoms with E-state index in [0.29, 0.717) is 6.42 Å². The lowest BCUT2D eigenvalue weighted by Gasteiger charge is -2.15. The Labute approximate surface area is 72.3 Å². The summed E-state index contributed by atoms with van der Waals surface area (Å²) in [5.74, 6) is 2.32. The van der Waals surface area contributed by atoms with Crippen molar-refractivity contribution in [1.82, 2.24) is 4.98 Å². The smallest absolute Gasteiger partial charge is 0.126 e. The lowest BCUT2D eigenvalue weighted by Crippen LogP contribution is -2.24. The fourth-order valence-electron chi connectivity index (χ4n) is 0.951. The third-order valence-electron chi connectivity index (χ3n) is 1.58. The molecule has 1 heterocycles. The molecule has 0 aliphatic carbocycles. The number of nitrogens with zero attached hydrogens (tertiary/aromatic N) is 1. The Kier molecular flexibility index (Phi) is 2.47. The Morgan fingerprint density at radius 3 is 3.00 bits per heavy atom. The first kappa shape index (κ1) is 8.76. The second-order valence-corrected chi connectivity index (χ2v) is 2.96. The molecule has 1 aromatic rings. The molecular weight excluding hydrogens is 150 g/mol. The molecule has 0 aromatic carbocycles. The molecule has 0 bridgehead atoms. The van der Waals surface area contributed by atoms with Gasteiger partial charge in [0.05, 0.1) is 0 Å². The van der Waals surface area contributed by atoms with Crippen molar-refractivity contribution >= 4 is 0 Å². The maximum Gasteiger partial charge on any atom is 0.126 e. The van der Waals surface area contributed by atoms with E-state index in [0.717, 1.165) is 5.56 Å². The Hall–Kier alpha value is -1.33. The maximum absolute atomic E-state index is 9.51. The Morgan fingerprint density at radius 1 is 1.75 bits per heavy atom. The van der Waals surface area contributed by atoms with Gasteiger partial charge in [0, 0.05) is 18.8 Å². The van der Waals surface area contributed by atoms with E-state index in [4.69, 9.17) is 6.42 Å². The van der Waals surface area contributed by atoms with Gasteiger partial charge in [-0.3, -0.25) is 4.98 Å². The first-order valence-corrected chi connectivity index (χ1v) is 3.73. The van der Waals surface area contributed by atoms with Crippen LogP contribution < -0.4 is 0 Å². The molecule has 0 fully saturated rings. The minimum atomic E-state index is -1.07. The van der Waals surface area contributed by atoms with Gasteiger partial charge < -0.3 is 5.11 Å². The minimum Gasteiger partial charge on any atom is -0.378 e. The van der Waals surface area contributed by atoms with Crippen LogP contribution in [0.25, 0.3) is 0 Å². The molecule has 1 rings (SSSR count). The normalized spacial score (nSPS) is 14.8.